The highest BCUT2D eigenvalue weighted by molar-refractivity contribution is 7.99. The summed E-state index contributed by atoms with van der Waals surface area (Å²) in [6.07, 6.45) is -2.15. The van der Waals surface area contributed by atoms with Gasteiger partial charge in [0.15, 0.2) is 0 Å². The van der Waals surface area contributed by atoms with Crippen LogP contribution in [0.1, 0.15) is 24.8 Å². The Hall–Kier alpha value is -1.74. The van der Waals surface area contributed by atoms with Crippen LogP contribution in [0, 0.1) is 0 Å². The number of anilines is 2. The molecule has 3 N–H and O–H groups in total. The van der Waals surface area contributed by atoms with Gasteiger partial charge in [0.05, 0.1) is 23.5 Å². The lowest BCUT2D eigenvalue weighted by atomic mass is 9.81. The minimum atomic E-state index is -4.39. The summed E-state index contributed by atoms with van der Waals surface area (Å²) in [6.45, 7) is 2.73. The molecule has 0 aromatic heterocycles. The Bertz CT molecular complexity index is 897. The number of aliphatic hydroxyl groups excluding tert-OH is 1. The lowest BCUT2D eigenvalue weighted by Crippen LogP contribution is -2.55. The number of rotatable bonds is 5. The minimum Gasteiger partial charge on any atom is -0.395 e. The maximum atomic E-state index is 13.5. The number of halogens is 3. The molecular formula is C22H26F3N3OS. The van der Waals surface area contributed by atoms with Gasteiger partial charge in [-0.2, -0.15) is 13.2 Å². The van der Waals surface area contributed by atoms with E-state index in [1.54, 1.807) is 6.07 Å². The fourth-order valence-corrected chi connectivity index (χ4v) is 5.67. The monoisotopic (exact) mass is 437 g/mol. The van der Waals surface area contributed by atoms with Crippen molar-refractivity contribution in [2.45, 2.75) is 40.8 Å². The second-order valence-electron chi connectivity index (χ2n) is 7.91. The van der Waals surface area contributed by atoms with Gasteiger partial charge in [-0.05, 0) is 56.1 Å². The van der Waals surface area contributed by atoms with Gasteiger partial charge in [0, 0.05) is 35.0 Å². The molecule has 1 fully saturated rings. The van der Waals surface area contributed by atoms with Crippen LogP contribution in [0.25, 0.3) is 0 Å². The molecule has 30 heavy (non-hydrogen) atoms. The van der Waals surface area contributed by atoms with Crippen LogP contribution >= 0.6 is 11.8 Å². The minimum absolute atomic E-state index is 0.102. The Labute approximate surface area is 178 Å². The van der Waals surface area contributed by atoms with Crippen LogP contribution in [0.4, 0.5) is 24.5 Å². The molecule has 0 bridgehead atoms. The Balaban J connectivity index is 1.83. The zero-order valence-electron chi connectivity index (χ0n) is 16.7. The van der Waals surface area contributed by atoms with E-state index in [-0.39, 0.29) is 12.1 Å². The van der Waals surface area contributed by atoms with E-state index in [0.29, 0.717) is 25.2 Å². The summed E-state index contributed by atoms with van der Waals surface area (Å²) in [5, 5.41) is 9.29. The average molecular weight is 438 g/mol. The van der Waals surface area contributed by atoms with Gasteiger partial charge in [-0.25, -0.2) is 0 Å². The Morgan fingerprint density at radius 3 is 2.40 bits per heavy atom. The van der Waals surface area contributed by atoms with Crippen LogP contribution in [-0.2, 0) is 6.18 Å². The molecule has 0 radical (unpaired) electrons. The zero-order valence-corrected chi connectivity index (χ0v) is 17.5. The molecule has 162 valence electrons. The van der Waals surface area contributed by atoms with E-state index < -0.39 is 11.7 Å². The number of hydrogen-bond acceptors (Lipinski definition) is 5. The van der Waals surface area contributed by atoms with Gasteiger partial charge >= 0.3 is 6.18 Å². The highest BCUT2D eigenvalue weighted by Crippen LogP contribution is 2.54. The van der Waals surface area contributed by atoms with Gasteiger partial charge in [0.25, 0.3) is 0 Å². The van der Waals surface area contributed by atoms with Gasteiger partial charge in [-0.1, -0.05) is 23.9 Å². The molecule has 4 nitrogen and oxygen atoms in total. The first-order chi connectivity index (χ1) is 14.4. The number of nitrogens with two attached hydrogens (primary N) is 1. The third-order valence-electron chi connectivity index (χ3n) is 6.14. The predicted molar refractivity (Wildman–Crippen MR) is 113 cm³/mol. The van der Waals surface area contributed by atoms with Gasteiger partial charge < -0.3 is 20.6 Å². The van der Waals surface area contributed by atoms with E-state index >= 15 is 0 Å². The molecule has 4 rings (SSSR count). The molecule has 2 heterocycles. The number of hydrogen-bond donors (Lipinski definition) is 2. The number of fused-ring (bicyclic) bond motifs is 2. The number of para-hydroxylation sites is 1. The summed E-state index contributed by atoms with van der Waals surface area (Å²) >= 11 is 1.51. The summed E-state index contributed by atoms with van der Waals surface area (Å²) in [5.74, 6) is 0. The number of aliphatic hydroxyl groups is 1. The average Bonchev–Trinajstić information content (AvgIpc) is 2.73. The SMILES string of the molecule is NCCC1(N2c3ccccc3Sc3ccc(C(F)(F)F)cc32)CCN(CCO)CC1. The van der Waals surface area contributed by atoms with Crippen molar-refractivity contribution in [3.8, 4) is 0 Å². The van der Waals surface area contributed by atoms with Crippen LogP contribution in [0.15, 0.2) is 52.3 Å². The molecule has 0 aliphatic carbocycles. The van der Waals surface area contributed by atoms with E-state index in [1.165, 1.54) is 17.8 Å². The molecule has 2 aliphatic heterocycles. The third-order valence-corrected chi connectivity index (χ3v) is 7.27. The summed E-state index contributed by atoms with van der Waals surface area (Å²) in [4.78, 5) is 6.20. The first-order valence-corrected chi connectivity index (χ1v) is 11.0. The molecule has 0 spiro atoms. The normalized spacial score (nSPS) is 18.8. The Morgan fingerprint density at radius 2 is 1.73 bits per heavy atom. The van der Waals surface area contributed by atoms with E-state index in [0.717, 1.165) is 47.5 Å². The summed E-state index contributed by atoms with van der Waals surface area (Å²) in [5.41, 5.74) is 6.57. The van der Waals surface area contributed by atoms with Gasteiger partial charge in [-0.15, -0.1) is 0 Å². The van der Waals surface area contributed by atoms with Crippen molar-refractivity contribution < 1.29 is 18.3 Å². The summed E-state index contributed by atoms with van der Waals surface area (Å²) < 4.78 is 40.6. The summed E-state index contributed by atoms with van der Waals surface area (Å²) in [7, 11) is 0. The molecular weight excluding hydrogens is 411 g/mol. The molecule has 0 saturated carbocycles. The fraction of sp³-hybridized carbons (Fsp3) is 0.455. The van der Waals surface area contributed by atoms with Crippen LogP contribution in [0.3, 0.4) is 0 Å². The number of β-amino-alcohol motifs (C(OH)–C–C–N with tert-alkyl or cyclic N) is 1. The van der Waals surface area contributed by atoms with E-state index in [1.807, 2.05) is 24.3 Å². The van der Waals surface area contributed by atoms with E-state index in [2.05, 4.69) is 9.80 Å². The molecule has 1 saturated heterocycles. The molecule has 2 aromatic carbocycles. The van der Waals surface area contributed by atoms with Gasteiger partial charge in [0.1, 0.15) is 0 Å². The lowest BCUT2D eigenvalue weighted by molar-refractivity contribution is -0.137. The fourth-order valence-electron chi connectivity index (χ4n) is 4.63. The maximum absolute atomic E-state index is 13.5. The van der Waals surface area contributed by atoms with Crippen molar-refractivity contribution in [2.75, 3.05) is 37.7 Å². The van der Waals surface area contributed by atoms with Crippen LogP contribution in [0.2, 0.25) is 0 Å². The molecule has 2 aromatic rings. The van der Waals surface area contributed by atoms with E-state index in [9.17, 15) is 18.3 Å². The van der Waals surface area contributed by atoms with Crippen molar-refractivity contribution in [1.82, 2.24) is 4.90 Å². The topological polar surface area (TPSA) is 52.7 Å². The van der Waals surface area contributed by atoms with Crippen molar-refractivity contribution in [2.24, 2.45) is 5.73 Å². The van der Waals surface area contributed by atoms with Crippen LogP contribution in [-0.4, -0.2) is 48.3 Å². The summed E-state index contributed by atoms with van der Waals surface area (Å²) in [6, 6.07) is 11.9. The Morgan fingerprint density at radius 1 is 1.03 bits per heavy atom. The smallest absolute Gasteiger partial charge is 0.395 e. The number of piperidine rings is 1. The van der Waals surface area contributed by atoms with Crippen molar-refractivity contribution in [3.63, 3.8) is 0 Å². The van der Waals surface area contributed by atoms with Crippen molar-refractivity contribution >= 4 is 23.1 Å². The molecule has 8 heteroatoms. The van der Waals surface area contributed by atoms with E-state index in [4.69, 9.17) is 5.73 Å². The zero-order chi connectivity index (χ0) is 21.4. The molecule has 0 unspecified atom stereocenters. The highest BCUT2D eigenvalue weighted by atomic mass is 32.2. The third kappa shape index (κ3) is 3.93. The molecule has 0 atom stereocenters. The van der Waals surface area contributed by atoms with Gasteiger partial charge in [-0.3, -0.25) is 0 Å². The lowest BCUT2D eigenvalue weighted by Gasteiger charge is -2.52. The maximum Gasteiger partial charge on any atom is 0.416 e. The standard InChI is InChI=1S/C22H26F3N3OS/c23-22(24,25)16-5-6-20-18(15-16)28(17-3-1-2-4-19(17)30-20)21(7-10-26)8-11-27(12-9-21)13-14-29/h1-6,15,29H,7-14,26H2. The Kier molecular flexibility index (Phi) is 6.03. The number of alkyl halides is 3. The van der Waals surface area contributed by atoms with Crippen LogP contribution in [0.5, 0.6) is 0 Å². The van der Waals surface area contributed by atoms with Crippen LogP contribution < -0.4 is 10.6 Å². The first-order valence-electron chi connectivity index (χ1n) is 10.2. The number of benzene rings is 2. The predicted octanol–water partition coefficient (Wildman–Crippen LogP) is 4.48. The highest BCUT2D eigenvalue weighted by Gasteiger charge is 2.44. The molecule has 2 aliphatic rings. The second kappa shape index (κ2) is 8.42. The first kappa shape index (κ1) is 21.5. The number of likely N-dealkylation sites (tertiary alicyclic amines) is 1. The van der Waals surface area contributed by atoms with Crippen molar-refractivity contribution in [1.29, 1.82) is 0 Å². The second-order valence-corrected chi connectivity index (χ2v) is 9.00. The quantitative estimate of drug-likeness (QED) is 0.722. The molecule has 0 amide bonds. The number of nitrogens with zero attached hydrogens (tertiary/aromatic N) is 2. The van der Waals surface area contributed by atoms with Gasteiger partial charge in [0.2, 0.25) is 0 Å². The largest absolute Gasteiger partial charge is 0.416 e. The van der Waals surface area contributed by atoms with Crippen molar-refractivity contribution in [3.05, 3.63) is 48.0 Å².